The number of nitrogens with zero attached hydrogens (tertiary/aromatic N) is 2. The highest BCUT2D eigenvalue weighted by molar-refractivity contribution is 5.90. The van der Waals surface area contributed by atoms with Crippen LogP contribution in [0.4, 0.5) is 24.5 Å². The number of nitrogens with one attached hydrogen (secondary N) is 1. The molecule has 0 saturated heterocycles. The zero-order chi connectivity index (χ0) is 15.5. The van der Waals surface area contributed by atoms with Crippen molar-refractivity contribution in [2.24, 2.45) is 0 Å². The maximum Gasteiger partial charge on any atom is 0.419 e. The average molecular weight is 298 g/mol. The van der Waals surface area contributed by atoms with Gasteiger partial charge in [0.1, 0.15) is 0 Å². The second-order valence-corrected chi connectivity index (χ2v) is 4.41. The number of hydrogen-bond donors (Lipinski definition) is 2. The lowest BCUT2D eigenvalue weighted by molar-refractivity contribution is -0.137. The Morgan fingerprint density at radius 2 is 1.95 bits per heavy atom. The summed E-state index contributed by atoms with van der Waals surface area (Å²) in [5.41, 5.74) is 5.83. The molecule has 0 spiro atoms. The number of nitrogens with two attached hydrogens (primary N) is 1. The number of nitrogen functional groups attached to an aromatic ring is 1. The molecule has 5 nitrogen and oxygen atoms in total. The van der Waals surface area contributed by atoms with Crippen LogP contribution in [0.25, 0.3) is 0 Å². The molecule has 2 rings (SSSR count). The molecular formula is C13H13F3N4O. The molecule has 0 radical (unpaired) electrons. The van der Waals surface area contributed by atoms with Crippen LogP contribution in [0.1, 0.15) is 12.0 Å². The summed E-state index contributed by atoms with van der Waals surface area (Å²) in [5.74, 6) is -0.316. The standard InChI is InChI=1S/C13H13F3N4O/c14-13(15,16)9-7-18-20(8-9)6-5-12(21)19-11-3-1-10(17)2-4-11/h1-4,7-8H,5-6,17H2,(H,19,21). The molecular weight excluding hydrogens is 285 g/mol. The molecule has 2 aromatic rings. The molecule has 0 saturated carbocycles. The first-order chi connectivity index (χ1) is 9.84. The van der Waals surface area contributed by atoms with Gasteiger partial charge in [0.2, 0.25) is 5.91 Å². The van der Waals surface area contributed by atoms with E-state index in [0.29, 0.717) is 11.4 Å². The normalized spacial score (nSPS) is 11.4. The molecule has 0 bridgehead atoms. The van der Waals surface area contributed by atoms with Crippen molar-refractivity contribution in [1.82, 2.24) is 9.78 Å². The first-order valence-corrected chi connectivity index (χ1v) is 6.09. The summed E-state index contributed by atoms with van der Waals surface area (Å²) in [5, 5.41) is 6.19. The fourth-order valence-electron chi connectivity index (χ4n) is 1.64. The maximum atomic E-state index is 12.4. The summed E-state index contributed by atoms with van der Waals surface area (Å²) >= 11 is 0. The van der Waals surface area contributed by atoms with Crippen molar-refractivity contribution in [2.45, 2.75) is 19.1 Å². The van der Waals surface area contributed by atoms with Crippen molar-refractivity contribution in [1.29, 1.82) is 0 Å². The summed E-state index contributed by atoms with van der Waals surface area (Å²) in [4.78, 5) is 11.7. The van der Waals surface area contributed by atoms with Crippen molar-refractivity contribution >= 4 is 17.3 Å². The summed E-state index contributed by atoms with van der Waals surface area (Å²) in [6.07, 6.45) is -2.80. The lowest BCUT2D eigenvalue weighted by Gasteiger charge is -2.06. The van der Waals surface area contributed by atoms with Crippen LogP contribution in [-0.4, -0.2) is 15.7 Å². The monoisotopic (exact) mass is 298 g/mol. The Morgan fingerprint density at radius 1 is 1.29 bits per heavy atom. The molecule has 0 fully saturated rings. The summed E-state index contributed by atoms with van der Waals surface area (Å²) in [6, 6.07) is 6.56. The van der Waals surface area contributed by atoms with Crippen molar-refractivity contribution in [2.75, 3.05) is 11.1 Å². The van der Waals surface area contributed by atoms with E-state index in [1.807, 2.05) is 0 Å². The van der Waals surface area contributed by atoms with Gasteiger partial charge in [-0.3, -0.25) is 9.48 Å². The first kappa shape index (κ1) is 14.9. The largest absolute Gasteiger partial charge is 0.419 e. The fraction of sp³-hybridized carbons (Fsp3) is 0.231. The number of aromatic nitrogens is 2. The summed E-state index contributed by atoms with van der Waals surface area (Å²) in [7, 11) is 0. The number of rotatable bonds is 4. The predicted octanol–water partition coefficient (Wildman–Crippen LogP) is 2.51. The van der Waals surface area contributed by atoms with Gasteiger partial charge in [0, 0.05) is 30.5 Å². The quantitative estimate of drug-likeness (QED) is 0.852. The van der Waals surface area contributed by atoms with Gasteiger partial charge in [-0.1, -0.05) is 0 Å². The Kier molecular flexibility index (Phi) is 4.15. The van der Waals surface area contributed by atoms with Crippen LogP contribution in [0.15, 0.2) is 36.7 Å². The van der Waals surface area contributed by atoms with Crippen LogP contribution in [-0.2, 0) is 17.5 Å². The number of hydrogen-bond acceptors (Lipinski definition) is 3. The second-order valence-electron chi connectivity index (χ2n) is 4.41. The highest BCUT2D eigenvalue weighted by Gasteiger charge is 2.32. The van der Waals surface area contributed by atoms with E-state index in [-0.39, 0.29) is 18.9 Å². The predicted molar refractivity (Wildman–Crippen MR) is 71.3 cm³/mol. The van der Waals surface area contributed by atoms with Crippen molar-refractivity contribution in [3.63, 3.8) is 0 Å². The van der Waals surface area contributed by atoms with Gasteiger partial charge >= 0.3 is 6.18 Å². The molecule has 21 heavy (non-hydrogen) atoms. The van der Waals surface area contributed by atoms with Gasteiger partial charge in [-0.15, -0.1) is 0 Å². The Morgan fingerprint density at radius 3 is 2.52 bits per heavy atom. The van der Waals surface area contributed by atoms with E-state index < -0.39 is 11.7 Å². The van der Waals surface area contributed by atoms with E-state index in [1.54, 1.807) is 24.3 Å². The molecule has 1 amide bonds. The zero-order valence-electron chi connectivity index (χ0n) is 10.9. The van der Waals surface area contributed by atoms with Gasteiger partial charge in [-0.25, -0.2) is 0 Å². The first-order valence-electron chi connectivity index (χ1n) is 6.09. The Bertz CT molecular complexity index is 619. The van der Waals surface area contributed by atoms with Gasteiger partial charge in [0.05, 0.1) is 11.8 Å². The number of benzene rings is 1. The minimum Gasteiger partial charge on any atom is -0.399 e. The lowest BCUT2D eigenvalue weighted by atomic mass is 10.3. The van der Waals surface area contributed by atoms with Gasteiger partial charge < -0.3 is 11.1 Å². The second kappa shape index (κ2) is 5.86. The van der Waals surface area contributed by atoms with Crippen LogP contribution in [0.2, 0.25) is 0 Å². The third-order valence-electron chi connectivity index (χ3n) is 2.72. The third kappa shape index (κ3) is 4.23. The van der Waals surface area contributed by atoms with E-state index >= 15 is 0 Å². The van der Waals surface area contributed by atoms with Crippen LogP contribution >= 0.6 is 0 Å². The van der Waals surface area contributed by atoms with E-state index in [0.717, 1.165) is 17.1 Å². The summed E-state index contributed by atoms with van der Waals surface area (Å²) in [6.45, 7) is 0.0664. The lowest BCUT2D eigenvalue weighted by Crippen LogP contribution is -2.14. The topological polar surface area (TPSA) is 72.9 Å². The fourth-order valence-corrected chi connectivity index (χ4v) is 1.64. The molecule has 0 aliphatic heterocycles. The molecule has 0 aliphatic carbocycles. The van der Waals surface area contributed by atoms with Crippen molar-refractivity contribution < 1.29 is 18.0 Å². The minimum atomic E-state index is -4.43. The van der Waals surface area contributed by atoms with Crippen LogP contribution < -0.4 is 11.1 Å². The third-order valence-corrected chi connectivity index (χ3v) is 2.72. The molecule has 112 valence electrons. The number of carbonyl (C=O) groups excluding carboxylic acids is 1. The number of carbonyl (C=O) groups is 1. The molecule has 0 aliphatic rings. The Labute approximate surface area is 118 Å². The van der Waals surface area contributed by atoms with E-state index in [9.17, 15) is 18.0 Å². The number of aryl methyl sites for hydroxylation is 1. The Hall–Kier alpha value is -2.51. The van der Waals surface area contributed by atoms with E-state index in [2.05, 4.69) is 10.4 Å². The molecule has 3 N–H and O–H groups in total. The highest BCUT2D eigenvalue weighted by Crippen LogP contribution is 2.28. The van der Waals surface area contributed by atoms with E-state index in [4.69, 9.17) is 5.73 Å². The van der Waals surface area contributed by atoms with E-state index in [1.165, 1.54) is 0 Å². The van der Waals surface area contributed by atoms with Crippen LogP contribution in [0, 0.1) is 0 Å². The zero-order valence-corrected chi connectivity index (χ0v) is 10.9. The smallest absolute Gasteiger partial charge is 0.399 e. The Balaban J connectivity index is 1.86. The molecule has 1 heterocycles. The SMILES string of the molecule is Nc1ccc(NC(=O)CCn2cc(C(F)(F)F)cn2)cc1. The molecule has 8 heteroatoms. The average Bonchev–Trinajstić information content (AvgIpc) is 2.88. The van der Waals surface area contributed by atoms with Crippen molar-refractivity contribution in [3.8, 4) is 0 Å². The molecule has 0 atom stereocenters. The van der Waals surface area contributed by atoms with Crippen LogP contribution in [0.3, 0.4) is 0 Å². The van der Waals surface area contributed by atoms with Crippen molar-refractivity contribution in [3.05, 3.63) is 42.2 Å². The van der Waals surface area contributed by atoms with Gasteiger partial charge in [0.15, 0.2) is 0 Å². The van der Waals surface area contributed by atoms with Gasteiger partial charge in [0.25, 0.3) is 0 Å². The van der Waals surface area contributed by atoms with Crippen LogP contribution in [0.5, 0.6) is 0 Å². The minimum absolute atomic E-state index is 0.0172. The number of anilines is 2. The summed E-state index contributed by atoms with van der Waals surface area (Å²) < 4.78 is 38.2. The van der Waals surface area contributed by atoms with Gasteiger partial charge in [-0.05, 0) is 24.3 Å². The molecule has 0 unspecified atom stereocenters. The molecule has 1 aromatic carbocycles. The van der Waals surface area contributed by atoms with Gasteiger partial charge in [-0.2, -0.15) is 18.3 Å². The number of amides is 1. The number of halogens is 3. The number of alkyl halides is 3. The highest BCUT2D eigenvalue weighted by atomic mass is 19.4. The maximum absolute atomic E-state index is 12.4. The molecule has 1 aromatic heterocycles.